The van der Waals surface area contributed by atoms with Crippen LogP contribution >= 0.6 is 0 Å². The average molecular weight is 1760 g/mol. The second kappa shape index (κ2) is 78.4. The molecule has 19 rings (SSSR count). The van der Waals surface area contributed by atoms with Crippen molar-refractivity contribution in [2.75, 3.05) is 0 Å². The Bertz CT molecular complexity index is 4480. The third-order valence-corrected chi connectivity index (χ3v) is 16.1. The van der Waals surface area contributed by atoms with E-state index in [-0.39, 0.29) is 0 Å². The molecule has 19 aromatic carbocycles. The van der Waals surface area contributed by atoms with E-state index in [1.807, 2.05) is 95.2 Å². The third-order valence-electron chi connectivity index (χ3n) is 16.1. The first kappa shape index (κ1) is 122. The molecule has 0 unspecified atom stereocenters. The van der Waals surface area contributed by atoms with E-state index in [1.54, 1.807) is 0 Å². The number of hydrogen-bond donors (Lipinski definition) is 0. The molecule has 0 aliphatic rings. The summed E-state index contributed by atoms with van der Waals surface area (Å²) in [6, 6.07) is 159. The van der Waals surface area contributed by atoms with Crippen molar-refractivity contribution in [1.82, 2.24) is 0 Å². The van der Waals surface area contributed by atoms with Crippen LogP contribution in [0.5, 0.6) is 0 Å². The molecule has 0 fully saturated rings. The average Bonchev–Trinajstić information content (AvgIpc) is 0.806. The quantitative estimate of drug-likeness (QED) is 0.144. The molecule has 0 saturated carbocycles. The lowest BCUT2D eigenvalue weighted by Gasteiger charge is -2.05. The molecule has 0 aliphatic carbocycles. The Morgan fingerprint density at radius 3 is 0.250 bits per heavy atom. The maximum absolute atomic E-state index is 2.24. The molecule has 132 heavy (non-hydrogen) atoms. The van der Waals surface area contributed by atoms with Crippen molar-refractivity contribution >= 4 is 97.0 Å². The molecule has 0 saturated heterocycles. The van der Waals surface area contributed by atoms with Gasteiger partial charge in [-0.2, -0.15) is 0 Å². The Kier molecular flexibility index (Phi) is 72.2. The van der Waals surface area contributed by atoms with Crippen molar-refractivity contribution in [3.05, 3.63) is 461 Å². The summed E-state index contributed by atoms with van der Waals surface area (Å²) < 4.78 is 0. The number of fused-ring (bicyclic) bond motifs is 9. The molecular formula is C132H172. The zero-order valence-corrected chi connectivity index (χ0v) is 87.5. The van der Waals surface area contributed by atoms with Gasteiger partial charge in [-0.1, -0.05) is 676 Å². The number of hydrogen-bond acceptors (Lipinski definition) is 0. The molecule has 0 aromatic heterocycles. The molecule has 0 heteroatoms. The lowest BCUT2D eigenvalue weighted by Crippen LogP contribution is -1.93. The zero-order chi connectivity index (χ0) is 98.9. The van der Waals surface area contributed by atoms with E-state index in [1.165, 1.54) is 127 Å². The second-order valence-electron chi connectivity index (χ2n) is 33.8. The summed E-state index contributed by atoms with van der Waals surface area (Å²) in [6.07, 6.45) is 3.75. The summed E-state index contributed by atoms with van der Waals surface area (Å²) in [5.41, 5.74) is 4.05. The normalized spacial score (nSPS) is 9.38. The van der Waals surface area contributed by atoms with Crippen LogP contribution in [0.1, 0.15) is 227 Å². The molecule has 0 bridgehead atoms. The van der Waals surface area contributed by atoms with Crippen LogP contribution in [0.4, 0.5) is 0 Å². The third kappa shape index (κ3) is 59.7. The largest absolute Gasteiger partial charge is 0.0683 e. The molecule has 0 amide bonds. The van der Waals surface area contributed by atoms with E-state index >= 15 is 0 Å². The lowest BCUT2D eigenvalue weighted by atomic mass is 10.0. The summed E-state index contributed by atoms with van der Waals surface area (Å²) in [5.74, 6) is 0. The predicted octanol–water partition coefficient (Wildman–Crippen LogP) is 43.8. The first-order valence-corrected chi connectivity index (χ1v) is 49.0. The molecule has 0 spiro atoms. The van der Waals surface area contributed by atoms with Crippen molar-refractivity contribution in [1.29, 1.82) is 0 Å². The summed E-state index contributed by atoms with van der Waals surface area (Å²) in [4.78, 5) is 0. The molecule has 700 valence electrons. The van der Waals surface area contributed by atoms with Crippen molar-refractivity contribution in [3.63, 3.8) is 0 Å². The van der Waals surface area contributed by atoms with Gasteiger partial charge in [0.1, 0.15) is 0 Å². The maximum Gasteiger partial charge on any atom is -0.0178 e. The van der Waals surface area contributed by atoms with Crippen molar-refractivity contribution in [3.8, 4) is 11.1 Å². The van der Waals surface area contributed by atoms with Crippen LogP contribution in [0.2, 0.25) is 0 Å². The van der Waals surface area contributed by atoms with Crippen LogP contribution in [0.3, 0.4) is 0 Å². The molecule has 0 heterocycles. The van der Waals surface area contributed by atoms with Gasteiger partial charge in [0.05, 0.1) is 0 Å². The fourth-order valence-electron chi connectivity index (χ4n) is 11.1. The van der Waals surface area contributed by atoms with Crippen LogP contribution in [-0.4, -0.2) is 0 Å². The van der Waals surface area contributed by atoms with Gasteiger partial charge in [0.2, 0.25) is 0 Å². The highest BCUT2D eigenvalue weighted by atomic mass is 14.1. The molecule has 19 aromatic rings. The summed E-state index contributed by atoms with van der Waals surface area (Å²) in [7, 11) is 0. The fraction of sp³-hybridized carbons (Fsp3) is 0.273. The highest BCUT2D eigenvalue weighted by Crippen LogP contribution is 2.24. The van der Waals surface area contributed by atoms with Gasteiger partial charge in [0, 0.05) is 0 Å². The monoisotopic (exact) mass is 1760 g/mol. The van der Waals surface area contributed by atoms with Crippen LogP contribution < -0.4 is 0 Å². The van der Waals surface area contributed by atoms with E-state index < -0.39 is 0 Å². The highest BCUT2D eigenvalue weighted by molar-refractivity contribution is 5.98. The van der Waals surface area contributed by atoms with Gasteiger partial charge in [-0.05, 0) is 136 Å². The summed E-state index contributed by atoms with van der Waals surface area (Å²) in [6.45, 7) is 63.0. The molecule has 0 N–H and O–H groups in total. The topological polar surface area (TPSA) is 0 Å². The standard InChI is InChI=1S/C14H10.C12H10.7C10H8.3C5H12.3C3H8.6C2H6/c1-2-6-12-10-14-8-4-3-7-13(14)9-11(12)5-1;1-3-7-11(8-4-1)12-9-5-2-6-10-12;7*1-2-6-10-8-4-3-7-9(10)5-1;3*1-5(2,3)4;3*1-3-2;6*1-2/h1-10H;1-10H;7*1-8H;3*1-4H3;3*3H2,1-2H3;6*1-2H3. The fourth-order valence-corrected chi connectivity index (χ4v) is 11.1. The Morgan fingerprint density at radius 2 is 0.174 bits per heavy atom. The summed E-state index contributed by atoms with van der Waals surface area (Å²) in [5, 5.41) is 23.6. The minimum atomic E-state index is 0.500. The Labute approximate surface area is 806 Å². The van der Waals surface area contributed by atoms with Gasteiger partial charge >= 0.3 is 0 Å². The van der Waals surface area contributed by atoms with Gasteiger partial charge in [-0.25, -0.2) is 0 Å². The van der Waals surface area contributed by atoms with Crippen LogP contribution in [0, 0.1) is 16.2 Å². The van der Waals surface area contributed by atoms with Gasteiger partial charge in [-0.3, -0.25) is 0 Å². The van der Waals surface area contributed by atoms with Gasteiger partial charge in [-0.15, -0.1) is 0 Å². The van der Waals surface area contributed by atoms with E-state index in [0.29, 0.717) is 16.2 Å². The Morgan fingerprint density at radius 1 is 0.114 bits per heavy atom. The maximum atomic E-state index is 2.24. The lowest BCUT2D eigenvalue weighted by molar-refractivity contribution is 0.469. The van der Waals surface area contributed by atoms with Gasteiger partial charge in [0.25, 0.3) is 0 Å². The summed E-state index contributed by atoms with van der Waals surface area (Å²) >= 11 is 0. The van der Waals surface area contributed by atoms with E-state index in [0.717, 1.165) is 0 Å². The number of benzene rings is 19. The van der Waals surface area contributed by atoms with Crippen LogP contribution in [-0.2, 0) is 0 Å². The molecular weight excluding hydrogens is 1590 g/mol. The minimum Gasteiger partial charge on any atom is -0.0683 e. The van der Waals surface area contributed by atoms with Crippen molar-refractivity contribution in [2.45, 2.75) is 227 Å². The van der Waals surface area contributed by atoms with Crippen molar-refractivity contribution < 1.29 is 0 Å². The smallest absolute Gasteiger partial charge is 0.0178 e. The van der Waals surface area contributed by atoms with Gasteiger partial charge < -0.3 is 0 Å². The van der Waals surface area contributed by atoms with E-state index in [4.69, 9.17) is 0 Å². The Balaban J connectivity index is 0. The van der Waals surface area contributed by atoms with Gasteiger partial charge in [0.15, 0.2) is 0 Å². The SMILES string of the molecule is CC.CC.CC.CC.CC.CC.CC(C)(C)C.CC(C)(C)C.CC(C)(C)C.CCC.CCC.CCC.c1ccc(-c2ccccc2)cc1.c1ccc2cc3ccccc3cc2c1.c1ccc2ccccc2c1.c1ccc2ccccc2c1.c1ccc2ccccc2c1.c1ccc2ccccc2c1.c1ccc2ccccc2c1.c1ccc2ccccc2c1.c1ccc2ccccc2c1. The molecule has 0 nitrogen and oxygen atoms in total. The Hall–Kier alpha value is -12.5. The molecule has 0 aliphatic heterocycles. The van der Waals surface area contributed by atoms with E-state index in [2.05, 4.69) is 574 Å². The minimum absolute atomic E-state index is 0.500. The van der Waals surface area contributed by atoms with E-state index in [9.17, 15) is 0 Å². The second-order valence-corrected chi connectivity index (χ2v) is 33.8. The zero-order valence-electron chi connectivity index (χ0n) is 87.5. The van der Waals surface area contributed by atoms with Crippen LogP contribution in [0.15, 0.2) is 461 Å². The molecule has 0 radical (unpaired) electrons. The highest BCUT2D eigenvalue weighted by Gasteiger charge is 2.00. The predicted molar refractivity (Wildman–Crippen MR) is 612 cm³/mol. The van der Waals surface area contributed by atoms with Crippen molar-refractivity contribution in [2.24, 2.45) is 16.2 Å². The number of rotatable bonds is 1. The first-order valence-electron chi connectivity index (χ1n) is 49.0. The van der Waals surface area contributed by atoms with Crippen LogP contribution in [0.25, 0.3) is 108 Å². The first-order chi connectivity index (χ1) is 63.9. The molecule has 0 atom stereocenters.